The van der Waals surface area contributed by atoms with E-state index in [1.807, 2.05) is 0 Å². The van der Waals surface area contributed by atoms with Crippen molar-refractivity contribution in [2.45, 2.75) is 19.4 Å². The molecule has 0 atom stereocenters. The maximum absolute atomic E-state index is 13.1. The van der Waals surface area contributed by atoms with Crippen molar-refractivity contribution in [2.75, 3.05) is 5.32 Å². The maximum atomic E-state index is 13.1. The molecule has 2 aromatic carbocycles. The predicted octanol–water partition coefficient (Wildman–Crippen LogP) is 3.83. The van der Waals surface area contributed by atoms with Crippen molar-refractivity contribution in [3.8, 4) is 0 Å². The lowest BCUT2D eigenvalue weighted by molar-refractivity contribution is -0.121. The predicted molar refractivity (Wildman–Crippen MR) is 106 cm³/mol. The van der Waals surface area contributed by atoms with E-state index in [0.29, 0.717) is 27.7 Å². The number of rotatable bonds is 7. The topological polar surface area (TPSA) is 84.0 Å². The highest BCUT2D eigenvalue weighted by Crippen LogP contribution is 2.17. The van der Waals surface area contributed by atoms with Crippen LogP contribution < -0.4 is 10.6 Å². The summed E-state index contributed by atoms with van der Waals surface area (Å²) in [6.07, 6.45) is 0.553. The summed E-state index contributed by atoms with van der Waals surface area (Å²) in [5.74, 6) is -0.921. The molecule has 0 aliphatic carbocycles. The first-order valence-electron chi connectivity index (χ1n) is 8.40. The molecule has 0 saturated heterocycles. The van der Waals surface area contributed by atoms with Gasteiger partial charge in [-0.25, -0.2) is 4.39 Å². The smallest absolute Gasteiger partial charge is 0.286 e. The van der Waals surface area contributed by atoms with Crippen LogP contribution in [0.2, 0.25) is 5.02 Å². The van der Waals surface area contributed by atoms with Gasteiger partial charge in [-0.2, -0.15) is 0 Å². The van der Waals surface area contributed by atoms with Crippen molar-refractivity contribution in [2.24, 2.45) is 0 Å². The largest absolute Gasteiger partial charge is 0.352 e. The average molecular weight is 419 g/mol. The van der Waals surface area contributed by atoms with Gasteiger partial charge in [0.2, 0.25) is 10.9 Å². The molecule has 0 radical (unpaired) electrons. The highest BCUT2D eigenvalue weighted by atomic mass is 35.5. The molecule has 28 heavy (non-hydrogen) atoms. The van der Waals surface area contributed by atoms with E-state index in [1.165, 1.54) is 12.1 Å². The van der Waals surface area contributed by atoms with Crippen molar-refractivity contribution in [1.29, 1.82) is 0 Å². The second-order valence-electron chi connectivity index (χ2n) is 5.87. The summed E-state index contributed by atoms with van der Waals surface area (Å²) in [4.78, 5) is 24.2. The number of hydrogen-bond acceptors (Lipinski definition) is 5. The normalized spacial score (nSPS) is 10.5. The van der Waals surface area contributed by atoms with Gasteiger partial charge in [-0.1, -0.05) is 41.1 Å². The Morgan fingerprint density at radius 1 is 1.11 bits per heavy atom. The maximum Gasteiger partial charge on any atom is 0.286 e. The second kappa shape index (κ2) is 9.38. The Morgan fingerprint density at radius 3 is 2.71 bits per heavy atom. The van der Waals surface area contributed by atoms with Gasteiger partial charge in [0.25, 0.3) is 5.91 Å². The molecule has 0 unspecified atom stereocenters. The average Bonchev–Trinajstić information content (AvgIpc) is 3.14. The van der Waals surface area contributed by atoms with Crippen LogP contribution in [-0.2, 0) is 17.8 Å². The Morgan fingerprint density at radius 2 is 1.93 bits per heavy atom. The third-order valence-corrected chi connectivity index (χ3v) is 4.91. The number of carbonyl (C=O) groups excluding carboxylic acids is 2. The molecule has 0 aliphatic rings. The van der Waals surface area contributed by atoms with Crippen molar-refractivity contribution in [1.82, 2.24) is 15.5 Å². The first kappa shape index (κ1) is 19.9. The van der Waals surface area contributed by atoms with E-state index >= 15 is 0 Å². The Hall–Kier alpha value is -2.84. The molecule has 144 valence electrons. The third-order valence-electron chi connectivity index (χ3n) is 3.69. The number of hydrogen-bond donors (Lipinski definition) is 2. The summed E-state index contributed by atoms with van der Waals surface area (Å²) in [6.45, 7) is 0.250. The van der Waals surface area contributed by atoms with E-state index in [1.54, 1.807) is 36.4 Å². The molecule has 1 heterocycles. The number of amides is 2. The second-order valence-corrected chi connectivity index (χ2v) is 7.37. The monoisotopic (exact) mass is 418 g/mol. The van der Waals surface area contributed by atoms with Crippen LogP contribution in [0.25, 0.3) is 0 Å². The molecule has 1 aromatic heterocycles. The number of halogens is 2. The number of benzene rings is 2. The summed E-state index contributed by atoms with van der Waals surface area (Å²) in [7, 11) is 0. The Balaban J connectivity index is 1.47. The van der Waals surface area contributed by atoms with E-state index in [-0.39, 0.29) is 35.6 Å². The van der Waals surface area contributed by atoms with Crippen LogP contribution in [0.1, 0.15) is 26.8 Å². The number of anilines is 1. The van der Waals surface area contributed by atoms with Crippen LogP contribution in [0.15, 0.2) is 48.5 Å². The van der Waals surface area contributed by atoms with Gasteiger partial charge >= 0.3 is 0 Å². The standard InChI is InChI=1S/C19H16ClFN4O2S/c20-13-4-2-6-15(10-13)23-18(27)19-25-24-17(28-19)8-7-16(26)22-11-12-3-1-5-14(21)9-12/h1-6,9-10H,7-8,11H2,(H,22,26)(H,23,27). The minimum atomic E-state index is -0.387. The van der Waals surface area contributed by atoms with Crippen LogP contribution in [0.5, 0.6) is 0 Å². The SMILES string of the molecule is O=C(CCc1nnc(C(=O)Nc2cccc(Cl)c2)s1)NCc1cccc(F)c1. The summed E-state index contributed by atoms with van der Waals surface area (Å²) in [5, 5.41) is 14.5. The minimum Gasteiger partial charge on any atom is -0.352 e. The fourth-order valence-electron chi connectivity index (χ4n) is 2.35. The number of aromatic nitrogens is 2. The van der Waals surface area contributed by atoms with Gasteiger partial charge in [0, 0.05) is 30.1 Å². The van der Waals surface area contributed by atoms with Crippen molar-refractivity contribution in [3.63, 3.8) is 0 Å². The van der Waals surface area contributed by atoms with Gasteiger partial charge in [0.1, 0.15) is 10.8 Å². The first-order valence-corrected chi connectivity index (χ1v) is 9.59. The van der Waals surface area contributed by atoms with E-state index in [4.69, 9.17) is 11.6 Å². The van der Waals surface area contributed by atoms with Crippen molar-refractivity contribution < 1.29 is 14.0 Å². The number of aryl methyl sites for hydroxylation is 1. The highest BCUT2D eigenvalue weighted by Gasteiger charge is 2.14. The molecule has 3 aromatic rings. The van der Waals surface area contributed by atoms with Gasteiger partial charge in [-0.05, 0) is 35.9 Å². The molecule has 3 rings (SSSR count). The Bertz CT molecular complexity index is 995. The van der Waals surface area contributed by atoms with Gasteiger partial charge in [0.15, 0.2) is 0 Å². The lowest BCUT2D eigenvalue weighted by atomic mass is 10.2. The summed E-state index contributed by atoms with van der Waals surface area (Å²) < 4.78 is 13.1. The lowest BCUT2D eigenvalue weighted by Crippen LogP contribution is -2.23. The third kappa shape index (κ3) is 5.83. The minimum absolute atomic E-state index is 0.190. The Kier molecular flexibility index (Phi) is 6.67. The van der Waals surface area contributed by atoms with Crippen LogP contribution in [-0.4, -0.2) is 22.0 Å². The van der Waals surface area contributed by atoms with E-state index < -0.39 is 0 Å². The summed E-state index contributed by atoms with van der Waals surface area (Å²) >= 11 is 7.01. The zero-order valence-corrected chi connectivity index (χ0v) is 16.2. The van der Waals surface area contributed by atoms with E-state index in [2.05, 4.69) is 20.8 Å². The van der Waals surface area contributed by atoms with Gasteiger partial charge in [-0.15, -0.1) is 10.2 Å². The molecule has 0 aliphatic heterocycles. The molecule has 2 amide bonds. The molecule has 6 nitrogen and oxygen atoms in total. The zero-order valence-electron chi connectivity index (χ0n) is 14.6. The summed E-state index contributed by atoms with van der Waals surface area (Å²) in [6, 6.07) is 12.8. The molecule has 0 saturated carbocycles. The number of nitrogens with zero attached hydrogens (tertiary/aromatic N) is 2. The molecular formula is C19H16ClFN4O2S. The highest BCUT2D eigenvalue weighted by molar-refractivity contribution is 7.13. The summed E-state index contributed by atoms with van der Waals surface area (Å²) in [5.41, 5.74) is 1.25. The molecule has 0 bridgehead atoms. The van der Waals surface area contributed by atoms with E-state index in [9.17, 15) is 14.0 Å². The van der Waals surface area contributed by atoms with Gasteiger partial charge in [0.05, 0.1) is 0 Å². The fourth-order valence-corrected chi connectivity index (χ4v) is 3.28. The Labute approximate surface area is 169 Å². The van der Waals surface area contributed by atoms with Crippen LogP contribution >= 0.6 is 22.9 Å². The van der Waals surface area contributed by atoms with Crippen LogP contribution in [0, 0.1) is 5.82 Å². The molecule has 9 heteroatoms. The number of carbonyl (C=O) groups is 2. The molecule has 0 spiro atoms. The molecular weight excluding hydrogens is 403 g/mol. The van der Waals surface area contributed by atoms with E-state index in [0.717, 1.165) is 11.3 Å². The number of nitrogens with one attached hydrogen (secondary N) is 2. The molecule has 0 fully saturated rings. The fraction of sp³-hybridized carbons (Fsp3) is 0.158. The van der Waals surface area contributed by atoms with Crippen molar-refractivity contribution in [3.05, 3.63) is 74.9 Å². The zero-order chi connectivity index (χ0) is 19.9. The lowest BCUT2D eigenvalue weighted by Gasteiger charge is -2.04. The quantitative estimate of drug-likeness (QED) is 0.610. The van der Waals surface area contributed by atoms with Crippen molar-refractivity contribution >= 4 is 40.4 Å². The van der Waals surface area contributed by atoms with Crippen LogP contribution in [0.4, 0.5) is 10.1 Å². The molecule has 2 N–H and O–H groups in total. The van der Waals surface area contributed by atoms with Gasteiger partial charge < -0.3 is 10.6 Å². The van der Waals surface area contributed by atoms with Gasteiger partial charge in [-0.3, -0.25) is 9.59 Å². The first-order chi connectivity index (χ1) is 13.5. The van der Waals surface area contributed by atoms with Crippen LogP contribution in [0.3, 0.4) is 0 Å².